The number of pyridine rings is 3. The SMILES string of the molecule is Cc1cc2c(N3CCCc4nc(-c5ccc(C(=O)NCC#Cc6nc7cccc(C8CCC(=O)NC8=O)n7n6)nc5)ncc43)cc(C3CCOCC3)cc2n(C)c1=O. The van der Waals surface area contributed by atoms with Gasteiger partial charge in [0.1, 0.15) is 5.69 Å². The molecule has 2 fully saturated rings. The van der Waals surface area contributed by atoms with Crippen molar-refractivity contribution in [3.63, 3.8) is 0 Å². The highest BCUT2D eigenvalue weighted by Crippen LogP contribution is 2.40. The summed E-state index contributed by atoms with van der Waals surface area (Å²) < 4.78 is 8.98. The van der Waals surface area contributed by atoms with Crippen LogP contribution in [0.4, 0.5) is 11.4 Å². The molecule has 15 heteroatoms. The molecule has 1 aromatic carbocycles. The summed E-state index contributed by atoms with van der Waals surface area (Å²) in [5.74, 6) is 5.30. The van der Waals surface area contributed by atoms with Gasteiger partial charge in [0.05, 0.1) is 46.9 Å². The van der Waals surface area contributed by atoms with Crippen LogP contribution in [-0.4, -0.2) is 78.1 Å². The fraction of sp³-hybridized carbons (Fsp3) is 0.326. The number of nitrogens with zero attached hydrogens (tertiary/aromatic N) is 8. The van der Waals surface area contributed by atoms with Gasteiger partial charge in [-0.2, -0.15) is 4.98 Å². The highest BCUT2D eigenvalue weighted by Gasteiger charge is 2.30. The summed E-state index contributed by atoms with van der Waals surface area (Å²) in [6, 6.07) is 15.2. The Kier molecular flexibility index (Phi) is 9.70. The minimum Gasteiger partial charge on any atom is -0.381 e. The Morgan fingerprint density at radius 1 is 0.983 bits per heavy atom. The fourth-order valence-electron chi connectivity index (χ4n) is 8.16. The van der Waals surface area contributed by atoms with Crippen molar-refractivity contribution in [3.05, 3.63) is 105 Å². The summed E-state index contributed by atoms with van der Waals surface area (Å²) in [7, 11) is 1.84. The standard InChI is InChI=1S/C43H40N10O5/c1-25-20-30-34(51(2)43(25)57)21-28(26-14-18-58-19-15-26)22-35(30)52-17-5-6-31-36(52)24-46-40(47-31)27-10-12-32(45-23-27)42(56)44-16-4-8-37-48-38-9-3-7-33(53(38)50-37)29-11-13-39(54)49-41(29)55/h3,7,9-10,12,20-24,26,29H,5-6,11,13-19H2,1-2H3,(H,44,56)(H,49,54,55). The molecule has 1 atom stereocenters. The molecule has 3 amide bonds. The molecule has 5 aromatic heterocycles. The number of aromatic nitrogens is 7. The molecule has 0 aliphatic carbocycles. The number of hydrogen-bond donors (Lipinski definition) is 2. The lowest BCUT2D eigenvalue weighted by Crippen LogP contribution is -2.40. The third kappa shape index (κ3) is 6.96. The lowest BCUT2D eigenvalue weighted by atomic mass is 9.89. The van der Waals surface area contributed by atoms with Gasteiger partial charge in [-0.3, -0.25) is 29.5 Å². The number of carbonyl (C=O) groups excluding carboxylic acids is 3. The highest BCUT2D eigenvalue weighted by molar-refractivity contribution is 6.01. The molecule has 2 saturated heterocycles. The van der Waals surface area contributed by atoms with E-state index in [0.717, 1.165) is 73.4 Å². The van der Waals surface area contributed by atoms with E-state index in [0.29, 0.717) is 40.6 Å². The zero-order chi connectivity index (χ0) is 39.9. The van der Waals surface area contributed by atoms with Gasteiger partial charge in [-0.15, -0.1) is 5.10 Å². The van der Waals surface area contributed by atoms with Crippen molar-refractivity contribution in [2.45, 2.75) is 57.3 Å². The van der Waals surface area contributed by atoms with Crippen molar-refractivity contribution in [1.29, 1.82) is 0 Å². The molecule has 58 heavy (non-hydrogen) atoms. The third-order valence-electron chi connectivity index (χ3n) is 11.2. The van der Waals surface area contributed by atoms with E-state index in [1.165, 1.54) is 5.56 Å². The number of carbonyl (C=O) groups is 3. The van der Waals surface area contributed by atoms with Gasteiger partial charge in [0, 0.05) is 55.9 Å². The lowest BCUT2D eigenvalue weighted by molar-refractivity contribution is -0.134. The second-order valence-corrected chi connectivity index (χ2v) is 14.9. The van der Waals surface area contributed by atoms with Crippen molar-refractivity contribution in [2.24, 2.45) is 7.05 Å². The molecule has 1 unspecified atom stereocenters. The van der Waals surface area contributed by atoms with Gasteiger partial charge in [0.15, 0.2) is 11.5 Å². The number of ether oxygens (including phenoxy) is 1. The Hall–Kier alpha value is -6.79. The van der Waals surface area contributed by atoms with Gasteiger partial charge in [-0.25, -0.2) is 14.5 Å². The summed E-state index contributed by atoms with van der Waals surface area (Å²) in [5.41, 5.74) is 7.77. The van der Waals surface area contributed by atoms with E-state index in [1.54, 1.807) is 45.6 Å². The molecule has 9 rings (SSSR count). The van der Waals surface area contributed by atoms with E-state index in [4.69, 9.17) is 14.7 Å². The number of benzene rings is 1. The van der Waals surface area contributed by atoms with Crippen molar-refractivity contribution in [3.8, 4) is 23.2 Å². The number of rotatable bonds is 6. The van der Waals surface area contributed by atoms with Gasteiger partial charge in [-0.1, -0.05) is 12.0 Å². The lowest BCUT2D eigenvalue weighted by Gasteiger charge is -2.33. The summed E-state index contributed by atoms with van der Waals surface area (Å²) >= 11 is 0. The second-order valence-electron chi connectivity index (χ2n) is 14.9. The van der Waals surface area contributed by atoms with E-state index in [1.807, 2.05) is 26.2 Å². The van der Waals surface area contributed by atoms with Crippen LogP contribution in [0.3, 0.4) is 0 Å². The Balaban J connectivity index is 0.901. The maximum absolute atomic E-state index is 13.0. The third-order valence-corrected chi connectivity index (χ3v) is 11.2. The van der Waals surface area contributed by atoms with E-state index < -0.39 is 11.8 Å². The molecular weight excluding hydrogens is 737 g/mol. The van der Waals surface area contributed by atoms with Crippen LogP contribution in [0.2, 0.25) is 0 Å². The number of piperidine rings is 1. The van der Waals surface area contributed by atoms with Crippen LogP contribution in [0.5, 0.6) is 0 Å². The normalized spacial score (nSPS) is 17.1. The number of amides is 3. The monoisotopic (exact) mass is 776 g/mol. The Bertz CT molecular complexity index is 2760. The fourth-order valence-corrected chi connectivity index (χ4v) is 8.16. The van der Waals surface area contributed by atoms with Crippen molar-refractivity contribution < 1.29 is 19.1 Å². The first-order valence-corrected chi connectivity index (χ1v) is 19.5. The molecule has 6 aromatic rings. The van der Waals surface area contributed by atoms with Crippen LogP contribution in [0.25, 0.3) is 27.9 Å². The zero-order valence-electron chi connectivity index (χ0n) is 32.1. The minimum absolute atomic E-state index is 0.00187. The average molecular weight is 777 g/mol. The Morgan fingerprint density at radius 3 is 2.66 bits per heavy atom. The van der Waals surface area contributed by atoms with Crippen LogP contribution in [0.15, 0.2) is 65.7 Å². The van der Waals surface area contributed by atoms with Crippen molar-refractivity contribution in [1.82, 2.24) is 44.8 Å². The number of fused-ring (bicyclic) bond motifs is 3. The van der Waals surface area contributed by atoms with E-state index in [9.17, 15) is 19.2 Å². The first-order valence-electron chi connectivity index (χ1n) is 19.5. The first-order chi connectivity index (χ1) is 28.2. The molecule has 8 heterocycles. The average Bonchev–Trinajstić information content (AvgIpc) is 3.68. The first kappa shape index (κ1) is 36.8. The summed E-state index contributed by atoms with van der Waals surface area (Å²) in [4.78, 5) is 71.0. The molecule has 15 nitrogen and oxygen atoms in total. The molecule has 292 valence electrons. The summed E-state index contributed by atoms with van der Waals surface area (Å²) in [5, 5.41) is 10.6. The van der Waals surface area contributed by atoms with Gasteiger partial charge in [0.25, 0.3) is 11.5 Å². The number of imide groups is 1. The van der Waals surface area contributed by atoms with Crippen LogP contribution in [0, 0.1) is 18.8 Å². The van der Waals surface area contributed by atoms with Crippen LogP contribution < -0.4 is 21.1 Å². The Morgan fingerprint density at radius 2 is 1.84 bits per heavy atom. The largest absolute Gasteiger partial charge is 0.381 e. The number of hydrogen-bond acceptors (Lipinski definition) is 11. The van der Waals surface area contributed by atoms with E-state index in [-0.39, 0.29) is 41.9 Å². The summed E-state index contributed by atoms with van der Waals surface area (Å²) in [6.07, 6.45) is 7.67. The highest BCUT2D eigenvalue weighted by atomic mass is 16.5. The smallest absolute Gasteiger partial charge is 0.270 e. The number of aryl methyl sites for hydroxylation is 3. The molecule has 0 radical (unpaired) electrons. The molecular formula is C43H40N10O5. The molecule has 0 saturated carbocycles. The summed E-state index contributed by atoms with van der Waals surface area (Å²) in [6.45, 7) is 4.14. The van der Waals surface area contributed by atoms with Crippen molar-refractivity contribution >= 4 is 45.6 Å². The predicted molar refractivity (Wildman–Crippen MR) is 215 cm³/mol. The topological polar surface area (TPSA) is 179 Å². The maximum atomic E-state index is 13.0. The van der Waals surface area contributed by atoms with Gasteiger partial charge >= 0.3 is 0 Å². The molecule has 2 N–H and O–H groups in total. The minimum atomic E-state index is -0.521. The van der Waals surface area contributed by atoms with E-state index >= 15 is 0 Å². The number of anilines is 2. The molecule has 0 spiro atoms. The van der Waals surface area contributed by atoms with Crippen LogP contribution in [-0.2, 0) is 27.8 Å². The Labute approximate surface area is 332 Å². The van der Waals surface area contributed by atoms with Crippen molar-refractivity contribution in [2.75, 3.05) is 31.2 Å². The van der Waals surface area contributed by atoms with Crippen LogP contribution in [0.1, 0.15) is 82.8 Å². The van der Waals surface area contributed by atoms with E-state index in [2.05, 4.69) is 54.6 Å². The molecule has 3 aliphatic rings. The van der Waals surface area contributed by atoms with Gasteiger partial charge in [0.2, 0.25) is 17.6 Å². The second kappa shape index (κ2) is 15.3. The maximum Gasteiger partial charge on any atom is 0.270 e. The number of nitrogens with one attached hydrogen (secondary N) is 2. The van der Waals surface area contributed by atoms with Gasteiger partial charge < -0.3 is 19.5 Å². The van der Waals surface area contributed by atoms with Gasteiger partial charge in [-0.05, 0) is 98.9 Å². The zero-order valence-corrected chi connectivity index (χ0v) is 32.1. The predicted octanol–water partition coefficient (Wildman–Crippen LogP) is 4.02. The quantitative estimate of drug-likeness (QED) is 0.184. The van der Waals surface area contributed by atoms with Crippen LogP contribution >= 0.6 is 0 Å². The molecule has 3 aliphatic heterocycles. The molecule has 0 bridgehead atoms.